The number of anilines is 1. The Hall–Kier alpha value is -2.51. The zero-order chi connectivity index (χ0) is 18.4. The zero-order valence-electron chi connectivity index (χ0n) is 14.4. The van der Waals surface area contributed by atoms with Crippen molar-refractivity contribution in [3.63, 3.8) is 0 Å². The summed E-state index contributed by atoms with van der Waals surface area (Å²) in [4.78, 5) is 16.2. The first-order valence-corrected chi connectivity index (χ1v) is 7.92. The van der Waals surface area contributed by atoms with Gasteiger partial charge in [-0.1, -0.05) is 25.9 Å². The second kappa shape index (κ2) is 8.04. The lowest BCUT2D eigenvalue weighted by Crippen LogP contribution is -2.13. The number of ether oxygens (including phenoxy) is 1. The minimum atomic E-state index is -2.87. The highest BCUT2D eigenvalue weighted by Gasteiger charge is 2.20. The van der Waals surface area contributed by atoms with Crippen molar-refractivity contribution < 1.29 is 22.8 Å². The molecule has 1 heterocycles. The number of benzene rings is 1. The van der Waals surface area contributed by atoms with E-state index in [0.29, 0.717) is 30.2 Å². The highest BCUT2D eigenvalue weighted by molar-refractivity contribution is 5.90. The molecule has 0 unspecified atom stereocenters. The van der Waals surface area contributed by atoms with Gasteiger partial charge in [0.15, 0.2) is 5.82 Å². The van der Waals surface area contributed by atoms with Crippen LogP contribution in [0.4, 0.5) is 14.5 Å². The first-order chi connectivity index (χ1) is 11.7. The molecule has 0 atom stereocenters. The molecule has 0 radical (unpaired) electrons. The van der Waals surface area contributed by atoms with Gasteiger partial charge in [0.2, 0.25) is 11.8 Å². The minimum Gasteiger partial charge on any atom is -0.435 e. The van der Waals surface area contributed by atoms with Crippen molar-refractivity contribution in [3.8, 4) is 5.75 Å². The summed E-state index contributed by atoms with van der Waals surface area (Å²) >= 11 is 0. The summed E-state index contributed by atoms with van der Waals surface area (Å²) in [6, 6.07) is 5.74. The molecule has 0 fully saturated rings. The van der Waals surface area contributed by atoms with Gasteiger partial charge in [0.1, 0.15) is 5.75 Å². The molecule has 1 N–H and O–H groups in total. The van der Waals surface area contributed by atoms with Gasteiger partial charge in [-0.25, -0.2) is 0 Å². The number of carbonyl (C=O) groups is 1. The Morgan fingerprint density at radius 1 is 1.28 bits per heavy atom. The van der Waals surface area contributed by atoms with Gasteiger partial charge in [0.25, 0.3) is 0 Å². The van der Waals surface area contributed by atoms with E-state index in [1.165, 1.54) is 24.3 Å². The van der Waals surface area contributed by atoms with Crippen LogP contribution in [0.2, 0.25) is 0 Å². The number of alkyl halides is 2. The summed E-state index contributed by atoms with van der Waals surface area (Å²) in [6.45, 7) is 3.11. The van der Waals surface area contributed by atoms with Crippen LogP contribution in [0.1, 0.15) is 45.3 Å². The SMILES string of the molecule is CC(C)(C)c1noc(CCCC(=O)Nc2ccc(OC(F)F)cc2)n1. The van der Waals surface area contributed by atoms with Crippen molar-refractivity contribution in [2.75, 3.05) is 5.32 Å². The lowest BCUT2D eigenvalue weighted by atomic mass is 9.96. The van der Waals surface area contributed by atoms with E-state index < -0.39 is 6.61 Å². The fraction of sp³-hybridized carbons (Fsp3) is 0.471. The van der Waals surface area contributed by atoms with Crippen LogP contribution in [0.25, 0.3) is 0 Å². The molecule has 2 aromatic rings. The number of halogens is 2. The highest BCUT2D eigenvalue weighted by Crippen LogP contribution is 2.20. The second-order valence-corrected chi connectivity index (χ2v) is 6.57. The predicted molar refractivity (Wildman–Crippen MR) is 87.6 cm³/mol. The van der Waals surface area contributed by atoms with Gasteiger partial charge >= 0.3 is 6.61 Å². The van der Waals surface area contributed by atoms with Crippen LogP contribution < -0.4 is 10.1 Å². The Labute approximate surface area is 144 Å². The largest absolute Gasteiger partial charge is 0.435 e. The Balaban J connectivity index is 1.76. The topological polar surface area (TPSA) is 77.2 Å². The van der Waals surface area contributed by atoms with Gasteiger partial charge in [-0.2, -0.15) is 13.8 Å². The molecule has 0 saturated carbocycles. The summed E-state index contributed by atoms with van der Waals surface area (Å²) in [7, 11) is 0. The van der Waals surface area contributed by atoms with E-state index in [2.05, 4.69) is 20.2 Å². The van der Waals surface area contributed by atoms with Gasteiger partial charge in [-0.15, -0.1) is 0 Å². The van der Waals surface area contributed by atoms with E-state index >= 15 is 0 Å². The lowest BCUT2D eigenvalue weighted by molar-refractivity contribution is -0.116. The highest BCUT2D eigenvalue weighted by atomic mass is 19.3. The molecule has 1 aromatic heterocycles. The van der Waals surface area contributed by atoms with Gasteiger partial charge < -0.3 is 14.6 Å². The second-order valence-electron chi connectivity index (χ2n) is 6.57. The monoisotopic (exact) mass is 353 g/mol. The van der Waals surface area contributed by atoms with Gasteiger partial charge in [0.05, 0.1) is 0 Å². The molecule has 0 aliphatic heterocycles. The first-order valence-electron chi connectivity index (χ1n) is 7.92. The standard InChI is InChI=1S/C17H21F2N3O3/c1-17(2,3)15-21-14(25-22-15)6-4-5-13(23)20-11-7-9-12(10-8-11)24-16(18)19/h7-10,16H,4-6H2,1-3H3,(H,20,23). The summed E-state index contributed by atoms with van der Waals surface area (Å²) in [5.41, 5.74) is 0.332. The Morgan fingerprint density at radius 2 is 1.96 bits per heavy atom. The average molecular weight is 353 g/mol. The van der Waals surface area contributed by atoms with Crippen molar-refractivity contribution in [1.29, 1.82) is 0 Å². The molecule has 0 aliphatic rings. The predicted octanol–water partition coefficient (Wildman–Crippen LogP) is 3.93. The molecule has 8 heteroatoms. The molecule has 6 nitrogen and oxygen atoms in total. The normalized spacial score (nSPS) is 11.6. The van der Waals surface area contributed by atoms with E-state index in [-0.39, 0.29) is 23.5 Å². The van der Waals surface area contributed by atoms with Crippen molar-refractivity contribution in [1.82, 2.24) is 10.1 Å². The van der Waals surface area contributed by atoms with Crippen molar-refractivity contribution >= 4 is 11.6 Å². The molecule has 0 saturated heterocycles. The molecular weight excluding hydrogens is 332 g/mol. The van der Waals surface area contributed by atoms with Crippen LogP contribution in [0.5, 0.6) is 5.75 Å². The molecule has 0 bridgehead atoms. The molecule has 0 aliphatic carbocycles. The van der Waals surface area contributed by atoms with Crippen LogP contribution in [-0.2, 0) is 16.6 Å². The number of amides is 1. The number of hydrogen-bond donors (Lipinski definition) is 1. The fourth-order valence-electron chi connectivity index (χ4n) is 2.00. The van der Waals surface area contributed by atoms with Crippen molar-refractivity contribution in [3.05, 3.63) is 36.0 Å². The van der Waals surface area contributed by atoms with Crippen LogP contribution in [0, 0.1) is 0 Å². The Kier molecular flexibility index (Phi) is 6.06. The maximum atomic E-state index is 12.1. The summed E-state index contributed by atoms with van der Waals surface area (Å²) in [5.74, 6) is 1.00. The summed E-state index contributed by atoms with van der Waals surface area (Å²) < 4.78 is 33.5. The first kappa shape index (κ1) is 18.8. The number of carbonyl (C=O) groups excluding carboxylic acids is 1. The van der Waals surface area contributed by atoms with E-state index in [0.717, 1.165) is 0 Å². The molecule has 25 heavy (non-hydrogen) atoms. The fourth-order valence-corrected chi connectivity index (χ4v) is 2.00. The number of nitrogens with zero attached hydrogens (tertiary/aromatic N) is 2. The molecule has 136 valence electrons. The number of hydrogen-bond acceptors (Lipinski definition) is 5. The van der Waals surface area contributed by atoms with Gasteiger partial charge in [-0.3, -0.25) is 4.79 Å². The van der Waals surface area contributed by atoms with E-state index in [9.17, 15) is 13.6 Å². The number of aromatic nitrogens is 2. The quantitative estimate of drug-likeness (QED) is 0.816. The number of aryl methyl sites for hydroxylation is 1. The van der Waals surface area contributed by atoms with Crippen LogP contribution in [-0.4, -0.2) is 22.7 Å². The van der Waals surface area contributed by atoms with E-state index in [1.807, 2.05) is 20.8 Å². The summed E-state index contributed by atoms with van der Waals surface area (Å²) in [5, 5.41) is 6.62. The Morgan fingerprint density at radius 3 is 2.52 bits per heavy atom. The third kappa shape index (κ3) is 6.13. The lowest BCUT2D eigenvalue weighted by Gasteiger charge is -2.10. The molecule has 0 spiro atoms. The van der Waals surface area contributed by atoms with E-state index in [1.54, 1.807) is 0 Å². The maximum Gasteiger partial charge on any atom is 0.387 e. The van der Waals surface area contributed by atoms with Crippen LogP contribution >= 0.6 is 0 Å². The van der Waals surface area contributed by atoms with E-state index in [4.69, 9.17) is 4.52 Å². The minimum absolute atomic E-state index is 0.0408. The Bertz CT molecular complexity index is 694. The zero-order valence-corrected chi connectivity index (χ0v) is 14.4. The van der Waals surface area contributed by atoms with Crippen molar-refractivity contribution in [2.45, 2.75) is 52.1 Å². The summed E-state index contributed by atoms with van der Waals surface area (Å²) in [6.07, 6.45) is 1.35. The molecule has 1 aromatic carbocycles. The number of rotatable bonds is 7. The molecular formula is C17H21F2N3O3. The molecule has 2 rings (SSSR count). The van der Waals surface area contributed by atoms with Crippen LogP contribution in [0.3, 0.4) is 0 Å². The number of nitrogens with one attached hydrogen (secondary N) is 1. The third-order valence-corrected chi connectivity index (χ3v) is 3.30. The molecule has 1 amide bonds. The van der Waals surface area contributed by atoms with Gasteiger partial charge in [0, 0.05) is 23.9 Å². The third-order valence-electron chi connectivity index (χ3n) is 3.30. The van der Waals surface area contributed by atoms with Crippen molar-refractivity contribution in [2.24, 2.45) is 0 Å². The maximum absolute atomic E-state index is 12.1. The van der Waals surface area contributed by atoms with Gasteiger partial charge in [-0.05, 0) is 30.7 Å². The van der Waals surface area contributed by atoms with Crippen LogP contribution in [0.15, 0.2) is 28.8 Å². The average Bonchev–Trinajstić information content (AvgIpc) is 2.98. The smallest absolute Gasteiger partial charge is 0.387 e.